The van der Waals surface area contributed by atoms with E-state index in [1.807, 2.05) is 13.0 Å². The smallest absolute Gasteiger partial charge is 0.235 e. The fourth-order valence-electron chi connectivity index (χ4n) is 1.95. The number of halogens is 2. The lowest BCUT2D eigenvalue weighted by atomic mass is 9.98. The normalized spacial score (nSPS) is 22.2. The van der Waals surface area contributed by atoms with Crippen LogP contribution >= 0.6 is 23.2 Å². The summed E-state index contributed by atoms with van der Waals surface area (Å²) in [5, 5.41) is 5.25. The van der Waals surface area contributed by atoms with Crippen molar-refractivity contribution >= 4 is 28.9 Å². The molecule has 1 aromatic rings. The van der Waals surface area contributed by atoms with E-state index < -0.39 is 0 Å². The maximum absolute atomic E-state index is 6.19. The first-order chi connectivity index (χ1) is 9.15. The maximum Gasteiger partial charge on any atom is 0.235 e. The van der Waals surface area contributed by atoms with Crippen molar-refractivity contribution in [2.75, 3.05) is 6.61 Å². The number of benzene rings is 1. The van der Waals surface area contributed by atoms with Gasteiger partial charge in [0, 0.05) is 5.56 Å². The van der Waals surface area contributed by atoms with Gasteiger partial charge in [-0.2, -0.15) is 0 Å². The van der Waals surface area contributed by atoms with Crippen LogP contribution in [0.4, 0.5) is 0 Å². The van der Waals surface area contributed by atoms with E-state index in [0.717, 1.165) is 24.1 Å². The molecule has 0 amide bonds. The Kier molecular flexibility index (Phi) is 5.08. The Bertz CT molecular complexity index is 456. The van der Waals surface area contributed by atoms with Gasteiger partial charge in [-0.3, -0.25) is 0 Å². The molecule has 0 saturated carbocycles. The zero-order chi connectivity index (χ0) is 13.8. The molecule has 3 nitrogen and oxygen atoms in total. The minimum atomic E-state index is -0.353. The van der Waals surface area contributed by atoms with Gasteiger partial charge in [0.1, 0.15) is 0 Å². The predicted molar refractivity (Wildman–Crippen MR) is 77.9 cm³/mol. The zero-order valence-electron chi connectivity index (χ0n) is 11.0. The van der Waals surface area contributed by atoms with Gasteiger partial charge in [0.25, 0.3) is 0 Å². The van der Waals surface area contributed by atoms with Crippen molar-refractivity contribution in [1.29, 1.82) is 0 Å². The monoisotopic (exact) mass is 301 g/mol. The lowest BCUT2D eigenvalue weighted by molar-refractivity contribution is -0.142. The van der Waals surface area contributed by atoms with E-state index in [0.29, 0.717) is 16.7 Å². The maximum atomic E-state index is 6.19. The molecule has 2 atom stereocenters. The summed E-state index contributed by atoms with van der Waals surface area (Å²) in [5.74, 6) is 0.00857. The van der Waals surface area contributed by atoms with Crippen molar-refractivity contribution in [2.24, 2.45) is 11.1 Å². The van der Waals surface area contributed by atoms with Crippen LogP contribution in [0.2, 0.25) is 10.0 Å². The van der Waals surface area contributed by atoms with Crippen molar-refractivity contribution in [1.82, 2.24) is 0 Å². The largest absolute Gasteiger partial charge is 0.363 e. The van der Waals surface area contributed by atoms with Crippen LogP contribution in [0.5, 0.6) is 0 Å². The fourth-order valence-corrected chi connectivity index (χ4v) is 2.54. The third-order valence-corrected chi connectivity index (χ3v) is 3.72. The number of ether oxygens (including phenoxy) is 1. The van der Waals surface area contributed by atoms with Crippen molar-refractivity contribution in [3.8, 4) is 0 Å². The molecule has 0 aromatic heterocycles. The van der Waals surface area contributed by atoms with E-state index in [2.05, 4.69) is 12.1 Å². The highest BCUT2D eigenvalue weighted by Gasteiger charge is 2.33. The van der Waals surface area contributed by atoms with Crippen LogP contribution in [0.25, 0.3) is 0 Å². The molecule has 0 aliphatic carbocycles. The van der Waals surface area contributed by atoms with E-state index >= 15 is 0 Å². The quantitative estimate of drug-likeness (QED) is 0.749. The Balaban J connectivity index is 2.11. The second-order valence-electron chi connectivity index (χ2n) is 4.56. The van der Waals surface area contributed by atoms with E-state index in [1.54, 1.807) is 12.1 Å². The van der Waals surface area contributed by atoms with E-state index in [4.69, 9.17) is 32.8 Å². The SMILES string of the molecule is CCCCO[C@@H]1ON=C(c2c(Cl)cccc2Cl)[C@H]1C. The van der Waals surface area contributed by atoms with Crippen molar-refractivity contribution < 1.29 is 9.57 Å². The number of hydrogen-bond acceptors (Lipinski definition) is 3. The molecule has 0 spiro atoms. The second-order valence-corrected chi connectivity index (χ2v) is 5.37. The van der Waals surface area contributed by atoms with Crippen LogP contribution < -0.4 is 0 Å². The molecule has 0 bridgehead atoms. The zero-order valence-corrected chi connectivity index (χ0v) is 12.5. The third-order valence-electron chi connectivity index (χ3n) is 3.09. The Morgan fingerprint density at radius 2 is 2.00 bits per heavy atom. The molecule has 104 valence electrons. The van der Waals surface area contributed by atoms with Crippen molar-refractivity contribution in [3.05, 3.63) is 33.8 Å². The Labute approximate surface area is 123 Å². The van der Waals surface area contributed by atoms with Crippen molar-refractivity contribution in [2.45, 2.75) is 33.0 Å². The van der Waals surface area contributed by atoms with Crippen LogP contribution in [0.15, 0.2) is 23.4 Å². The highest BCUT2D eigenvalue weighted by atomic mass is 35.5. The Morgan fingerprint density at radius 3 is 2.63 bits per heavy atom. The highest BCUT2D eigenvalue weighted by molar-refractivity contribution is 6.40. The summed E-state index contributed by atoms with van der Waals surface area (Å²) in [6.45, 7) is 4.79. The van der Waals surface area contributed by atoms with Crippen LogP contribution in [0.3, 0.4) is 0 Å². The summed E-state index contributed by atoms with van der Waals surface area (Å²) in [6.07, 6.45) is 1.74. The standard InChI is InChI=1S/C14H17Cl2NO2/c1-3-4-8-18-14-9(2)13(17-19-14)12-10(15)6-5-7-11(12)16/h5-7,9,14H,3-4,8H2,1-2H3/t9-,14-/m1/s1. The molecule has 1 aromatic carbocycles. The molecular weight excluding hydrogens is 285 g/mol. The van der Waals surface area contributed by atoms with Crippen molar-refractivity contribution in [3.63, 3.8) is 0 Å². The van der Waals surface area contributed by atoms with Crippen LogP contribution in [0, 0.1) is 5.92 Å². The number of unbranched alkanes of at least 4 members (excludes halogenated alkanes) is 1. The summed E-state index contributed by atoms with van der Waals surface area (Å²) >= 11 is 12.4. The van der Waals surface area contributed by atoms with Crippen LogP contribution in [-0.4, -0.2) is 18.6 Å². The molecule has 19 heavy (non-hydrogen) atoms. The Morgan fingerprint density at radius 1 is 1.32 bits per heavy atom. The van der Waals surface area contributed by atoms with E-state index in [-0.39, 0.29) is 12.2 Å². The van der Waals surface area contributed by atoms with E-state index in [1.165, 1.54) is 0 Å². The number of oxime groups is 1. The average molecular weight is 302 g/mol. The molecule has 0 fully saturated rings. The second kappa shape index (κ2) is 6.60. The Hall–Kier alpha value is -0.770. The predicted octanol–water partition coefficient (Wildman–Crippen LogP) is 4.51. The summed E-state index contributed by atoms with van der Waals surface area (Å²) in [4.78, 5) is 5.34. The van der Waals surface area contributed by atoms with Crippen LogP contribution in [-0.2, 0) is 9.57 Å². The summed E-state index contributed by atoms with van der Waals surface area (Å²) in [5.41, 5.74) is 1.48. The summed E-state index contributed by atoms with van der Waals surface area (Å²) in [6, 6.07) is 5.40. The van der Waals surface area contributed by atoms with Gasteiger partial charge in [-0.15, -0.1) is 0 Å². The minimum Gasteiger partial charge on any atom is -0.363 e. The van der Waals surface area contributed by atoms with E-state index in [9.17, 15) is 0 Å². The number of rotatable bonds is 5. The molecule has 2 rings (SSSR count). The average Bonchev–Trinajstić information content (AvgIpc) is 2.72. The third kappa shape index (κ3) is 3.22. The molecule has 0 radical (unpaired) electrons. The lowest BCUT2D eigenvalue weighted by Crippen LogP contribution is -2.24. The topological polar surface area (TPSA) is 30.8 Å². The molecule has 1 aliphatic heterocycles. The summed E-state index contributed by atoms with van der Waals surface area (Å²) < 4.78 is 5.66. The van der Waals surface area contributed by atoms with Crippen LogP contribution in [0.1, 0.15) is 32.3 Å². The fraction of sp³-hybridized carbons (Fsp3) is 0.500. The molecule has 0 unspecified atom stereocenters. The molecule has 5 heteroatoms. The molecule has 0 saturated heterocycles. The first-order valence-corrected chi connectivity index (χ1v) is 7.20. The first kappa shape index (κ1) is 14.6. The van der Waals surface area contributed by atoms with Gasteiger partial charge in [-0.25, -0.2) is 0 Å². The lowest BCUT2D eigenvalue weighted by Gasteiger charge is -2.16. The minimum absolute atomic E-state index is 0.00857. The first-order valence-electron chi connectivity index (χ1n) is 6.44. The number of nitrogens with zero attached hydrogens (tertiary/aromatic N) is 1. The van der Waals surface area contributed by atoms with Gasteiger partial charge in [0.05, 0.1) is 28.3 Å². The number of hydrogen-bond donors (Lipinski definition) is 0. The van der Waals surface area contributed by atoms with Gasteiger partial charge >= 0.3 is 0 Å². The van der Waals surface area contributed by atoms with Gasteiger partial charge in [0.15, 0.2) is 0 Å². The summed E-state index contributed by atoms with van der Waals surface area (Å²) in [7, 11) is 0. The molecular formula is C14H17Cl2NO2. The molecule has 1 aliphatic rings. The van der Waals surface area contributed by atoms with Gasteiger partial charge in [-0.1, -0.05) is 54.7 Å². The van der Waals surface area contributed by atoms with Gasteiger partial charge in [0.2, 0.25) is 6.29 Å². The highest BCUT2D eigenvalue weighted by Crippen LogP contribution is 2.32. The van der Waals surface area contributed by atoms with Gasteiger partial charge < -0.3 is 9.57 Å². The van der Waals surface area contributed by atoms with Gasteiger partial charge in [-0.05, 0) is 18.6 Å². The molecule has 0 N–H and O–H groups in total. The molecule has 1 heterocycles.